The molecule has 2 fully saturated rings. The average molecular weight is 270 g/mol. The summed E-state index contributed by atoms with van der Waals surface area (Å²) in [4.78, 5) is 11.4. The highest BCUT2D eigenvalue weighted by atomic mass is 15.3. The van der Waals surface area contributed by atoms with Gasteiger partial charge in [-0.05, 0) is 44.6 Å². The van der Waals surface area contributed by atoms with E-state index in [1.165, 1.54) is 44.9 Å². The van der Waals surface area contributed by atoms with Gasteiger partial charge in [-0.2, -0.15) is 5.26 Å². The fourth-order valence-electron chi connectivity index (χ4n) is 3.79. The van der Waals surface area contributed by atoms with Gasteiger partial charge in [-0.15, -0.1) is 0 Å². The van der Waals surface area contributed by atoms with Crippen LogP contribution >= 0.6 is 0 Å². The first-order valence-corrected chi connectivity index (χ1v) is 7.80. The van der Waals surface area contributed by atoms with Gasteiger partial charge in [-0.3, -0.25) is 0 Å². The van der Waals surface area contributed by atoms with Crippen LogP contribution in [0.4, 0.5) is 5.95 Å². The van der Waals surface area contributed by atoms with E-state index in [0.29, 0.717) is 11.7 Å². The van der Waals surface area contributed by atoms with Crippen molar-refractivity contribution in [3.63, 3.8) is 0 Å². The first-order valence-electron chi connectivity index (χ1n) is 7.80. The van der Waals surface area contributed by atoms with Gasteiger partial charge in [0.15, 0.2) is 0 Å². The van der Waals surface area contributed by atoms with E-state index < -0.39 is 0 Å². The summed E-state index contributed by atoms with van der Waals surface area (Å²) in [6, 6.07) is 4.49. The third-order valence-electron chi connectivity index (χ3n) is 4.71. The molecule has 1 aromatic rings. The Hall–Kier alpha value is -1.63. The molecule has 3 rings (SSSR count). The molecule has 106 valence electrons. The predicted molar refractivity (Wildman–Crippen MR) is 78.4 cm³/mol. The van der Waals surface area contributed by atoms with E-state index in [1.54, 1.807) is 6.07 Å². The van der Waals surface area contributed by atoms with E-state index >= 15 is 0 Å². The van der Waals surface area contributed by atoms with Crippen molar-refractivity contribution >= 4 is 5.95 Å². The van der Waals surface area contributed by atoms with Gasteiger partial charge in [-0.25, -0.2) is 9.97 Å². The van der Waals surface area contributed by atoms with Crippen LogP contribution in [-0.4, -0.2) is 22.6 Å². The van der Waals surface area contributed by atoms with Crippen molar-refractivity contribution < 1.29 is 0 Å². The topological polar surface area (TPSA) is 52.8 Å². The monoisotopic (exact) mass is 270 g/mol. The quantitative estimate of drug-likeness (QED) is 0.828. The molecule has 1 unspecified atom stereocenters. The van der Waals surface area contributed by atoms with Crippen LogP contribution in [0, 0.1) is 24.2 Å². The van der Waals surface area contributed by atoms with Crippen LogP contribution < -0.4 is 4.90 Å². The Bertz CT molecular complexity index is 514. The average Bonchev–Trinajstić information content (AvgIpc) is 2.97. The number of aromatic nitrogens is 2. The Labute approximate surface area is 120 Å². The Morgan fingerprint density at radius 2 is 1.95 bits per heavy atom. The highest BCUT2D eigenvalue weighted by molar-refractivity contribution is 5.38. The van der Waals surface area contributed by atoms with Crippen molar-refractivity contribution in [1.29, 1.82) is 5.26 Å². The van der Waals surface area contributed by atoms with Crippen molar-refractivity contribution in [3.05, 3.63) is 17.5 Å². The molecule has 0 N–H and O–H groups in total. The molecule has 0 amide bonds. The maximum absolute atomic E-state index is 9.09. The molecule has 4 nitrogen and oxygen atoms in total. The second-order valence-corrected chi connectivity index (χ2v) is 6.11. The van der Waals surface area contributed by atoms with Gasteiger partial charge in [0.2, 0.25) is 5.95 Å². The standard InChI is InChI=1S/C16H22N4/c1-12-10-14(11-17)19-16(18-12)20-9-5-8-15(20)13-6-3-2-4-7-13/h10,13,15H,2-9H2,1H3. The van der Waals surface area contributed by atoms with E-state index in [-0.39, 0.29) is 0 Å². The second-order valence-electron chi connectivity index (χ2n) is 6.11. The number of nitrogens with zero attached hydrogens (tertiary/aromatic N) is 4. The Morgan fingerprint density at radius 3 is 2.70 bits per heavy atom. The lowest BCUT2D eigenvalue weighted by molar-refractivity contribution is 0.303. The predicted octanol–water partition coefficient (Wildman–Crippen LogP) is 3.21. The smallest absolute Gasteiger partial charge is 0.227 e. The number of rotatable bonds is 2. The highest BCUT2D eigenvalue weighted by Crippen LogP contribution is 2.35. The van der Waals surface area contributed by atoms with E-state index in [4.69, 9.17) is 5.26 Å². The zero-order valence-electron chi connectivity index (χ0n) is 12.2. The van der Waals surface area contributed by atoms with Gasteiger partial charge in [0.25, 0.3) is 0 Å². The fraction of sp³-hybridized carbons (Fsp3) is 0.688. The highest BCUT2D eigenvalue weighted by Gasteiger charge is 2.33. The number of nitriles is 1. The lowest BCUT2D eigenvalue weighted by Crippen LogP contribution is -2.37. The van der Waals surface area contributed by atoms with Crippen molar-refractivity contribution in [3.8, 4) is 6.07 Å². The first kappa shape index (κ1) is 13.4. The summed E-state index contributed by atoms with van der Waals surface area (Å²) in [5.41, 5.74) is 1.38. The molecular formula is C16H22N4. The van der Waals surface area contributed by atoms with Gasteiger partial charge in [0, 0.05) is 18.3 Å². The largest absolute Gasteiger partial charge is 0.338 e. The normalized spacial score (nSPS) is 23.8. The third-order valence-corrected chi connectivity index (χ3v) is 4.71. The molecule has 4 heteroatoms. The SMILES string of the molecule is Cc1cc(C#N)nc(N2CCCC2C2CCCCC2)n1. The van der Waals surface area contributed by atoms with Crippen molar-refractivity contribution in [2.24, 2.45) is 5.92 Å². The molecule has 0 bridgehead atoms. The fourth-order valence-corrected chi connectivity index (χ4v) is 3.79. The van der Waals surface area contributed by atoms with Crippen molar-refractivity contribution in [2.45, 2.75) is 57.9 Å². The van der Waals surface area contributed by atoms with Gasteiger partial charge >= 0.3 is 0 Å². The van der Waals surface area contributed by atoms with E-state index in [1.807, 2.05) is 6.92 Å². The molecule has 1 atom stereocenters. The summed E-state index contributed by atoms with van der Waals surface area (Å²) in [6.45, 7) is 2.98. The summed E-state index contributed by atoms with van der Waals surface area (Å²) < 4.78 is 0. The number of hydrogen-bond acceptors (Lipinski definition) is 4. The molecule has 0 radical (unpaired) electrons. The van der Waals surface area contributed by atoms with Crippen LogP contribution in [0.25, 0.3) is 0 Å². The third kappa shape index (κ3) is 2.63. The molecule has 20 heavy (non-hydrogen) atoms. The van der Waals surface area contributed by atoms with Gasteiger partial charge in [0.05, 0.1) is 0 Å². The summed E-state index contributed by atoms with van der Waals surface area (Å²) >= 11 is 0. The zero-order chi connectivity index (χ0) is 13.9. The number of aryl methyl sites for hydroxylation is 1. The molecule has 2 aliphatic rings. The molecule has 1 saturated carbocycles. The van der Waals surface area contributed by atoms with Crippen LogP contribution in [0.3, 0.4) is 0 Å². The van der Waals surface area contributed by atoms with Crippen LogP contribution in [0.15, 0.2) is 6.07 Å². The number of hydrogen-bond donors (Lipinski definition) is 0. The summed E-state index contributed by atoms with van der Waals surface area (Å²) in [6.07, 6.45) is 9.30. The van der Waals surface area contributed by atoms with Crippen LogP contribution in [0.1, 0.15) is 56.3 Å². The Morgan fingerprint density at radius 1 is 1.15 bits per heavy atom. The second kappa shape index (κ2) is 5.78. The van der Waals surface area contributed by atoms with E-state index in [0.717, 1.165) is 24.1 Å². The van der Waals surface area contributed by atoms with E-state index in [2.05, 4.69) is 20.9 Å². The first-order chi connectivity index (χ1) is 9.78. The van der Waals surface area contributed by atoms with Crippen molar-refractivity contribution in [2.75, 3.05) is 11.4 Å². The zero-order valence-corrected chi connectivity index (χ0v) is 12.2. The van der Waals surface area contributed by atoms with Crippen LogP contribution in [0.5, 0.6) is 0 Å². The molecule has 2 heterocycles. The Kier molecular flexibility index (Phi) is 3.86. The lowest BCUT2D eigenvalue weighted by Gasteiger charge is -2.34. The van der Waals surface area contributed by atoms with Crippen molar-refractivity contribution in [1.82, 2.24) is 9.97 Å². The molecule has 0 aromatic carbocycles. The molecule has 1 saturated heterocycles. The Balaban J connectivity index is 1.84. The molecule has 1 aliphatic heterocycles. The van der Waals surface area contributed by atoms with E-state index in [9.17, 15) is 0 Å². The summed E-state index contributed by atoms with van der Waals surface area (Å²) in [5, 5.41) is 9.09. The van der Waals surface area contributed by atoms with Crippen LogP contribution in [-0.2, 0) is 0 Å². The van der Waals surface area contributed by atoms with Crippen LogP contribution in [0.2, 0.25) is 0 Å². The van der Waals surface area contributed by atoms with Gasteiger partial charge in [0.1, 0.15) is 11.8 Å². The minimum absolute atomic E-state index is 0.488. The van der Waals surface area contributed by atoms with Gasteiger partial charge < -0.3 is 4.90 Å². The number of anilines is 1. The molecule has 1 aliphatic carbocycles. The minimum Gasteiger partial charge on any atom is -0.338 e. The molecule has 0 spiro atoms. The summed E-state index contributed by atoms with van der Waals surface area (Å²) in [7, 11) is 0. The molecule has 1 aromatic heterocycles. The lowest BCUT2D eigenvalue weighted by atomic mass is 9.83. The maximum atomic E-state index is 9.09. The minimum atomic E-state index is 0.488. The molecular weight excluding hydrogens is 248 g/mol. The maximum Gasteiger partial charge on any atom is 0.227 e. The van der Waals surface area contributed by atoms with Gasteiger partial charge in [-0.1, -0.05) is 19.3 Å². The summed E-state index contributed by atoms with van der Waals surface area (Å²) in [5.74, 6) is 1.57.